The fourth-order valence-electron chi connectivity index (χ4n) is 2.70. The van der Waals surface area contributed by atoms with Gasteiger partial charge in [-0.05, 0) is 36.6 Å². The molecule has 0 aromatic heterocycles. The van der Waals surface area contributed by atoms with Gasteiger partial charge in [0.25, 0.3) is 0 Å². The molecule has 100 valence electrons. The zero-order valence-electron chi connectivity index (χ0n) is 10.8. The third-order valence-electron chi connectivity index (χ3n) is 3.68. The average molecular weight is 252 g/mol. The minimum Gasteiger partial charge on any atom is -0.388 e. The molecule has 0 spiro atoms. The van der Waals surface area contributed by atoms with Gasteiger partial charge in [-0.15, -0.1) is 0 Å². The summed E-state index contributed by atoms with van der Waals surface area (Å²) in [5, 5.41) is 10.4. The van der Waals surface area contributed by atoms with E-state index < -0.39 is 5.60 Å². The molecule has 1 aliphatic carbocycles. The number of nitrogens with zero attached hydrogens (tertiary/aromatic N) is 1. The number of halogens is 1. The molecule has 2 rings (SSSR count). The first-order chi connectivity index (χ1) is 8.52. The molecule has 0 amide bonds. The van der Waals surface area contributed by atoms with E-state index in [2.05, 4.69) is 0 Å². The lowest BCUT2D eigenvalue weighted by molar-refractivity contribution is 0.0559. The van der Waals surface area contributed by atoms with E-state index in [-0.39, 0.29) is 5.82 Å². The third-order valence-corrected chi connectivity index (χ3v) is 3.68. The molecule has 0 aliphatic heterocycles. The van der Waals surface area contributed by atoms with Crippen molar-refractivity contribution in [2.45, 2.75) is 37.8 Å². The summed E-state index contributed by atoms with van der Waals surface area (Å²) < 4.78 is 13.4. The number of hydrogen-bond acceptors (Lipinski definition) is 3. The molecule has 0 unspecified atom stereocenters. The maximum absolute atomic E-state index is 13.4. The van der Waals surface area contributed by atoms with Crippen molar-refractivity contribution in [1.82, 2.24) is 0 Å². The Morgan fingerprint density at radius 2 is 2.00 bits per heavy atom. The Hall–Kier alpha value is -1.13. The Labute approximate surface area is 107 Å². The molecule has 0 atom stereocenters. The Kier molecular flexibility index (Phi) is 3.88. The molecular weight excluding hydrogens is 231 g/mol. The maximum atomic E-state index is 13.4. The molecule has 1 fully saturated rings. The van der Waals surface area contributed by atoms with Crippen LogP contribution in [0.15, 0.2) is 18.2 Å². The first kappa shape index (κ1) is 13.3. The lowest BCUT2D eigenvalue weighted by Crippen LogP contribution is -2.39. The monoisotopic (exact) mass is 252 g/mol. The maximum Gasteiger partial charge on any atom is 0.125 e. The van der Waals surface area contributed by atoms with E-state index in [9.17, 15) is 9.50 Å². The minimum atomic E-state index is -0.621. The highest BCUT2D eigenvalue weighted by Gasteiger charge is 2.32. The number of aliphatic hydroxyl groups is 1. The minimum absolute atomic E-state index is 0.279. The van der Waals surface area contributed by atoms with Crippen molar-refractivity contribution in [3.8, 4) is 0 Å². The number of nitrogens with two attached hydrogens (primary N) is 1. The molecule has 4 heteroatoms. The van der Waals surface area contributed by atoms with Gasteiger partial charge in [0.05, 0.1) is 5.60 Å². The van der Waals surface area contributed by atoms with Crippen molar-refractivity contribution in [2.75, 3.05) is 18.5 Å². The van der Waals surface area contributed by atoms with Crippen molar-refractivity contribution in [3.63, 3.8) is 0 Å². The fraction of sp³-hybridized carbons (Fsp3) is 0.571. The number of anilines is 1. The van der Waals surface area contributed by atoms with Crippen LogP contribution in [0.1, 0.15) is 31.2 Å². The van der Waals surface area contributed by atoms with Gasteiger partial charge in [-0.2, -0.15) is 0 Å². The summed E-state index contributed by atoms with van der Waals surface area (Å²) in [4.78, 5) is 1.91. The molecule has 0 saturated heterocycles. The lowest BCUT2D eigenvalue weighted by Gasteiger charge is -2.30. The summed E-state index contributed by atoms with van der Waals surface area (Å²) in [5.74, 6) is -0.279. The highest BCUT2D eigenvalue weighted by Crippen LogP contribution is 2.31. The largest absolute Gasteiger partial charge is 0.388 e. The van der Waals surface area contributed by atoms with Gasteiger partial charge in [-0.3, -0.25) is 0 Å². The molecule has 0 bridgehead atoms. The predicted octanol–water partition coefficient (Wildman–Crippen LogP) is 2.03. The Morgan fingerprint density at radius 3 is 2.61 bits per heavy atom. The van der Waals surface area contributed by atoms with Crippen molar-refractivity contribution in [3.05, 3.63) is 29.6 Å². The van der Waals surface area contributed by atoms with Crippen LogP contribution in [0.3, 0.4) is 0 Å². The van der Waals surface area contributed by atoms with E-state index >= 15 is 0 Å². The van der Waals surface area contributed by atoms with Gasteiger partial charge >= 0.3 is 0 Å². The summed E-state index contributed by atoms with van der Waals surface area (Å²) in [6.45, 7) is 0.864. The number of likely N-dealkylation sites (N-methyl/N-ethyl adjacent to an activating group) is 1. The third kappa shape index (κ3) is 3.00. The summed E-state index contributed by atoms with van der Waals surface area (Å²) in [6, 6.07) is 4.81. The topological polar surface area (TPSA) is 49.5 Å². The van der Waals surface area contributed by atoms with Gasteiger partial charge in [0.2, 0.25) is 0 Å². The van der Waals surface area contributed by atoms with E-state index in [1.165, 1.54) is 12.1 Å². The summed E-state index contributed by atoms with van der Waals surface area (Å²) in [5.41, 5.74) is 6.47. The zero-order chi connectivity index (χ0) is 13.2. The van der Waals surface area contributed by atoms with Crippen molar-refractivity contribution < 1.29 is 9.50 Å². The standard InChI is InChI=1S/C14H21FN2O/c1-17(10-14(18)4-2-3-5-14)13-7-11(9-16)6-12(15)8-13/h6-8,18H,2-5,9-10,16H2,1H3. The average Bonchev–Trinajstić information content (AvgIpc) is 2.74. The summed E-state index contributed by atoms with van der Waals surface area (Å²) in [7, 11) is 1.88. The van der Waals surface area contributed by atoms with Gasteiger partial charge in [-0.25, -0.2) is 4.39 Å². The Bertz CT molecular complexity index is 416. The first-order valence-corrected chi connectivity index (χ1v) is 6.45. The van der Waals surface area contributed by atoms with Crippen LogP contribution in [0.25, 0.3) is 0 Å². The molecule has 1 aromatic rings. The van der Waals surface area contributed by atoms with E-state index in [1.807, 2.05) is 18.0 Å². The SMILES string of the molecule is CN(CC1(O)CCCC1)c1cc(F)cc(CN)c1. The van der Waals surface area contributed by atoms with Crippen molar-refractivity contribution in [2.24, 2.45) is 5.73 Å². The molecular formula is C14H21FN2O. The summed E-state index contributed by atoms with van der Waals surface area (Å²) in [6.07, 6.45) is 3.80. The molecule has 0 heterocycles. The normalized spacial score (nSPS) is 18.0. The van der Waals surface area contributed by atoms with E-state index in [1.54, 1.807) is 0 Å². The summed E-state index contributed by atoms with van der Waals surface area (Å²) >= 11 is 0. The van der Waals surface area contributed by atoms with Crippen LogP contribution >= 0.6 is 0 Å². The Morgan fingerprint density at radius 1 is 1.33 bits per heavy atom. The van der Waals surface area contributed by atoms with Crippen LogP contribution in [-0.2, 0) is 6.54 Å². The van der Waals surface area contributed by atoms with Crippen LogP contribution in [0, 0.1) is 5.82 Å². The van der Waals surface area contributed by atoms with Gasteiger partial charge in [0, 0.05) is 25.8 Å². The fourth-order valence-corrected chi connectivity index (χ4v) is 2.70. The van der Waals surface area contributed by atoms with Crippen LogP contribution in [0.5, 0.6) is 0 Å². The second-order valence-corrected chi connectivity index (χ2v) is 5.31. The van der Waals surface area contributed by atoms with E-state index in [0.717, 1.165) is 36.9 Å². The van der Waals surface area contributed by atoms with Gasteiger partial charge in [0.15, 0.2) is 0 Å². The van der Waals surface area contributed by atoms with Gasteiger partial charge in [-0.1, -0.05) is 12.8 Å². The molecule has 18 heavy (non-hydrogen) atoms. The van der Waals surface area contributed by atoms with Gasteiger partial charge < -0.3 is 15.7 Å². The van der Waals surface area contributed by atoms with Crippen molar-refractivity contribution in [1.29, 1.82) is 0 Å². The van der Waals surface area contributed by atoms with Crippen LogP contribution < -0.4 is 10.6 Å². The second-order valence-electron chi connectivity index (χ2n) is 5.31. The highest BCUT2D eigenvalue weighted by atomic mass is 19.1. The number of benzene rings is 1. The molecule has 1 aromatic carbocycles. The smallest absolute Gasteiger partial charge is 0.125 e. The van der Waals surface area contributed by atoms with Crippen LogP contribution in [0.4, 0.5) is 10.1 Å². The molecule has 3 N–H and O–H groups in total. The van der Waals surface area contributed by atoms with Crippen LogP contribution in [-0.4, -0.2) is 24.3 Å². The molecule has 0 radical (unpaired) electrons. The second kappa shape index (κ2) is 5.24. The predicted molar refractivity (Wildman–Crippen MR) is 71.0 cm³/mol. The number of hydrogen-bond donors (Lipinski definition) is 2. The molecule has 1 saturated carbocycles. The molecule has 3 nitrogen and oxygen atoms in total. The van der Waals surface area contributed by atoms with Crippen molar-refractivity contribution >= 4 is 5.69 Å². The Balaban J connectivity index is 2.12. The first-order valence-electron chi connectivity index (χ1n) is 6.45. The molecule has 1 aliphatic rings. The quantitative estimate of drug-likeness (QED) is 0.862. The number of rotatable bonds is 4. The van der Waals surface area contributed by atoms with Crippen LogP contribution in [0.2, 0.25) is 0 Å². The lowest BCUT2D eigenvalue weighted by atomic mass is 10.0. The van der Waals surface area contributed by atoms with Gasteiger partial charge in [0.1, 0.15) is 5.82 Å². The zero-order valence-corrected chi connectivity index (χ0v) is 10.8. The van der Waals surface area contributed by atoms with E-state index in [0.29, 0.717) is 13.1 Å². The highest BCUT2D eigenvalue weighted by molar-refractivity contribution is 5.48. The van der Waals surface area contributed by atoms with E-state index in [4.69, 9.17) is 5.73 Å².